The van der Waals surface area contributed by atoms with Gasteiger partial charge in [-0.2, -0.15) is 13.5 Å². The zero-order valence-corrected chi connectivity index (χ0v) is 13.9. The van der Waals surface area contributed by atoms with E-state index in [2.05, 4.69) is 25.9 Å². The molecule has 0 unspecified atom stereocenters. The van der Waals surface area contributed by atoms with E-state index in [9.17, 15) is 13.5 Å². The number of rotatable bonds is 5. The molecule has 0 saturated heterocycles. The van der Waals surface area contributed by atoms with E-state index < -0.39 is 10.0 Å². The van der Waals surface area contributed by atoms with Crippen LogP contribution in [0.25, 0.3) is 0 Å². The van der Waals surface area contributed by atoms with Gasteiger partial charge in [-0.3, -0.25) is 0 Å². The lowest BCUT2D eigenvalue weighted by Crippen LogP contribution is -2.18. The predicted molar refractivity (Wildman–Crippen MR) is 86.7 cm³/mol. The van der Waals surface area contributed by atoms with Crippen LogP contribution in [0, 0.1) is 0 Å². The molecular weight excluding hydrogens is 372 g/mol. The van der Waals surface area contributed by atoms with Crippen molar-refractivity contribution in [3.63, 3.8) is 0 Å². The second-order valence-electron chi connectivity index (χ2n) is 4.20. The van der Waals surface area contributed by atoms with Gasteiger partial charge in [-0.25, -0.2) is 4.83 Å². The van der Waals surface area contributed by atoms with Gasteiger partial charge in [-0.15, -0.1) is 0 Å². The lowest BCUT2D eigenvalue weighted by Gasteiger charge is -2.05. The van der Waals surface area contributed by atoms with Crippen molar-refractivity contribution in [2.45, 2.75) is 4.90 Å². The molecule has 0 amide bonds. The summed E-state index contributed by atoms with van der Waals surface area (Å²) in [6, 6.07) is 10.9. The second-order valence-corrected chi connectivity index (χ2v) is 6.78. The number of phenols is 1. The number of nitrogens with zero attached hydrogens (tertiary/aromatic N) is 1. The van der Waals surface area contributed by atoms with Crippen LogP contribution in [0.2, 0.25) is 0 Å². The molecule has 0 atom stereocenters. The summed E-state index contributed by atoms with van der Waals surface area (Å²) in [5, 5.41) is 13.5. The Morgan fingerprint density at radius 1 is 1.23 bits per heavy atom. The van der Waals surface area contributed by atoms with Crippen LogP contribution < -0.4 is 9.57 Å². The van der Waals surface area contributed by atoms with Crippen molar-refractivity contribution in [3.05, 3.63) is 52.5 Å². The van der Waals surface area contributed by atoms with E-state index >= 15 is 0 Å². The SMILES string of the molecule is COc1cccc(/C=N/NS(=O)(=O)c2ccc(Br)cc2)c1O. The Morgan fingerprint density at radius 3 is 2.55 bits per heavy atom. The van der Waals surface area contributed by atoms with E-state index in [1.54, 1.807) is 30.3 Å². The Balaban J connectivity index is 2.17. The van der Waals surface area contributed by atoms with Crippen LogP contribution in [0.1, 0.15) is 5.56 Å². The molecule has 0 aliphatic heterocycles. The maximum atomic E-state index is 12.0. The van der Waals surface area contributed by atoms with E-state index in [4.69, 9.17) is 4.74 Å². The number of aromatic hydroxyl groups is 1. The fourth-order valence-electron chi connectivity index (χ4n) is 1.64. The minimum absolute atomic E-state index is 0.0858. The molecule has 0 spiro atoms. The first-order valence-electron chi connectivity index (χ1n) is 6.10. The molecule has 2 N–H and O–H groups in total. The van der Waals surface area contributed by atoms with E-state index in [1.807, 2.05) is 0 Å². The smallest absolute Gasteiger partial charge is 0.276 e. The highest BCUT2D eigenvalue weighted by Gasteiger charge is 2.12. The van der Waals surface area contributed by atoms with E-state index in [1.165, 1.54) is 25.5 Å². The van der Waals surface area contributed by atoms with Gasteiger partial charge < -0.3 is 9.84 Å². The van der Waals surface area contributed by atoms with Gasteiger partial charge in [0.25, 0.3) is 10.0 Å². The van der Waals surface area contributed by atoms with Gasteiger partial charge in [0.2, 0.25) is 0 Å². The zero-order valence-electron chi connectivity index (χ0n) is 11.5. The number of methoxy groups -OCH3 is 1. The van der Waals surface area contributed by atoms with Gasteiger partial charge in [-0.1, -0.05) is 22.0 Å². The van der Waals surface area contributed by atoms with Crippen molar-refractivity contribution >= 4 is 32.2 Å². The zero-order chi connectivity index (χ0) is 16.2. The maximum absolute atomic E-state index is 12.0. The Morgan fingerprint density at radius 2 is 1.91 bits per heavy atom. The molecule has 2 rings (SSSR count). The fraction of sp³-hybridized carbons (Fsp3) is 0.0714. The number of hydrazone groups is 1. The predicted octanol–water partition coefficient (Wildman–Crippen LogP) is 2.48. The lowest BCUT2D eigenvalue weighted by molar-refractivity contribution is 0.373. The van der Waals surface area contributed by atoms with E-state index in [0.717, 1.165) is 4.47 Å². The summed E-state index contributed by atoms with van der Waals surface area (Å²) >= 11 is 3.23. The number of benzene rings is 2. The molecule has 0 bridgehead atoms. The van der Waals surface area contributed by atoms with Gasteiger partial charge >= 0.3 is 0 Å². The van der Waals surface area contributed by atoms with Crippen molar-refractivity contribution in [2.75, 3.05) is 7.11 Å². The summed E-state index contributed by atoms with van der Waals surface area (Å²) < 4.78 is 29.8. The Hall–Kier alpha value is -2.06. The summed E-state index contributed by atoms with van der Waals surface area (Å²) in [6.45, 7) is 0. The summed E-state index contributed by atoms with van der Waals surface area (Å²) in [5.41, 5.74) is 0.331. The molecule has 0 aliphatic rings. The first-order chi connectivity index (χ1) is 10.4. The van der Waals surface area contributed by atoms with Crippen LogP contribution in [0.3, 0.4) is 0 Å². The van der Waals surface area contributed by atoms with Gasteiger partial charge in [0.15, 0.2) is 11.5 Å². The highest BCUT2D eigenvalue weighted by molar-refractivity contribution is 9.10. The summed E-state index contributed by atoms with van der Waals surface area (Å²) in [6.07, 6.45) is 1.20. The van der Waals surface area contributed by atoms with Crippen LogP contribution in [-0.2, 0) is 10.0 Å². The van der Waals surface area contributed by atoms with Crippen molar-refractivity contribution in [2.24, 2.45) is 5.10 Å². The van der Waals surface area contributed by atoms with Crippen molar-refractivity contribution in [1.82, 2.24) is 4.83 Å². The quantitative estimate of drug-likeness (QED) is 0.612. The molecule has 6 nitrogen and oxygen atoms in total. The van der Waals surface area contributed by atoms with Gasteiger partial charge in [0, 0.05) is 10.0 Å². The molecule has 0 aliphatic carbocycles. The maximum Gasteiger partial charge on any atom is 0.276 e. The first-order valence-corrected chi connectivity index (χ1v) is 8.38. The van der Waals surface area contributed by atoms with Crippen LogP contribution in [-0.4, -0.2) is 26.8 Å². The molecule has 2 aromatic carbocycles. The van der Waals surface area contributed by atoms with Gasteiger partial charge in [0.05, 0.1) is 18.2 Å². The first kappa shape index (κ1) is 16.3. The van der Waals surface area contributed by atoms with Gasteiger partial charge in [-0.05, 0) is 36.4 Å². The Kier molecular flexibility index (Phi) is 5.04. The van der Waals surface area contributed by atoms with Crippen LogP contribution in [0.15, 0.2) is 56.9 Å². The largest absolute Gasteiger partial charge is 0.504 e. The monoisotopic (exact) mass is 384 g/mol. The van der Waals surface area contributed by atoms with E-state index in [0.29, 0.717) is 5.56 Å². The number of phenolic OH excluding ortho intramolecular Hbond substituents is 1. The number of halogens is 1. The lowest BCUT2D eigenvalue weighted by atomic mass is 10.2. The average Bonchev–Trinajstić information content (AvgIpc) is 2.49. The molecular formula is C14H13BrN2O4S. The minimum atomic E-state index is -3.76. The molecule has 2 aromatic rings. The third-order valence-electron chi connectivity index (χ3n) is 2.75. The summed E-state index contributed by atoms with van der Waals surface area (Å²) in [5.74, 6) is 0.163. The number of ether oxygens (including phenoxy) is 1. The molecule has 8 heteroatoms. The third-order valence-corrected chi connectivity index (χ3v) is 4.52. The normalized spacial score (nSPS) is 11.5. The third kappa shape index (κ3) is 3.77. The van der Waals surface area contributed by atoms with Crippen LogP contribution in [0.5, 0.6) is 11.5 Å². The molecule has 116 valence electrons. The molecule has 22 heavy (non-hydrogen) atoms. The van der Waals surface area contributed by atoms with E-state index in [-0.39, 0.29) is 16.4 Å². The number of hydrogen-bond donors (Lipinski definition) is 2. The highest BCUT2D eigenvalue weighted by atomic mass is 79.9. The number of sulfonamides is 1. The van der Waals surface area contributed by atoms with Crippen molar-refractivity contribution in [1.29, 1.82) is 0 Å². The van der Waals surface area contributed by atoms with Crippen molar-refractivity contribution < 1.29 is 18.3 Å². The number of para-hydroxylation sites is 1. The van der Waals surface area contributed by atoms with Crippen LogP contribution >= 0.6 is 15.9 Å². The average molecular weight is 385 g/mol. The molecule has 0 radical (unpaired) electrons. The molecule has 0 heterocycles. The summed E-state index contributed by atoms with van der Waals surface area (Å²) in [7, 11) is -2.33. The topological polar surface area (TPSA) is 88.0 Å². The fourth-order valence-corrected chi connectivity index (χ4v) is 2.70. The number of nitrogens with one attached hydrogen (secondary N) is 1. The number of hydrogen-bond acceptors (Lipinski definition) is 5. The highest BCUT2D eigenvalue weighted by Crippen LogP contribution is 2.27. The summed E-state index contributed by atoms with van der Waals surface area (Å²) in [4.78, 5) is 2.17. The standard InChI is InChI=1S/C14H13BrN2O4S/c1-21-13-4-2-3-10(14(13)18)9-16-17-22(19,20)12-7-5-11(15)6-8-12/h2-9,17-18H,1H3/b16-9+. The Bertz CT molecular complexity index is 789. The molecule has 0 fully saturated rings. The molecule has 0 saturated carbocycles. The Labute approximate surface area is 136 Å². The van der Waals surface area contributed by atoms with Crippen LogP contribution in [0.4, 0.5) is 0 Å². The van der Waals surface area contributed by atoms with Gasteiger partial charge in [0.1, 0.15) is 0 Å². The van der Waals surface area contributed by atoms with Crippen molar-refractivity contribution in [3.8, 4) is 11.5 Å². The molecule has 0 aromatic heterocycles. The second kappa shape index (κ2) is 6.80. The minimum Gasteiger partial charge on any atom is -0.504 e.